The molecule has 24 heavy (non-hydrogen) atoms. The third-order valence-electron chi connectivity index (χ3n) is 4.79. The van der Waals surface area contributed by atoms with Gasteiger partial charge in [-0.15, -0.1) is 0 Å². The number of para-hydroxylation sites is 1. The molecule has 3 N–H and O–H groups in total. The number of amides is 1. The van der Waals surface area contributed by atoms with Crippen molar-refractivity contribution in [3.8, 4) is 0 Å². The van der Waals surface area contributed by atoms with E-state index in [4.69, 9.17) is 5.73 Å². The van der Waals surface area contributed by atoms with E-state index in [9.17, 15) is 4.79 Å². The van der Waals surface area contributed by atoms with Gasteiger partial charge in [0.25, 0.3) is 5.91 Å². The van der Waals surface area contributed by atoms with Crippen molar-refractivity contribution in [2.45, 2.75) is 18.8 Å². The highest BCUT2D eigenvalue weighted by molar-refractivity contribution is 5.98. The number of likely N-dealkylation sites (tertiary alicyclic amines) is 1. The first-order valence-corrected chi connectivity index (χ1v) is 8.64. The van der Waals surface area contributed by atoms with Gasteiger partial charge in [0, 0.05) is 18.8 Å². The Labute approximate surface area is 143 Å². The molecule has 0 aromatic heterocycles. The van der Waals surface area contributed by atoms with E-state index in [1.54, 1.807) is 6.07 Å². The summed E-state index contributed by atoms with van der Waals surface area (Å²) >= 11 is 0. The van der Waals surface area contributed by atoms with Crippen LogP contribution in [-0.2, 0) is 0 Å². The summed E-state index contributed by atoms with van der Waals surface area (Å²) in [6.45, 7) is 4.05. The fourth-order valence-corrected chi connectivity index (χ4v) is 3.42. The molecule has 3 rings (SSSR count). The summed E-state index contributed by atoms with van der Waals surface area (Å²) in [6, 6.07) is 18.2. The second-order valence-corrected chi connectivity index (χ2v) is 6.36. The molecule has 0 unspecified atom stereocenters. The molecule has 1 amide bonds. The van der Waals surface area contributed by atoms with Gasteiger partial charge in [0.15, 0.2) is 0 Å². The SMILES string of the molecule is NC(=O)c1ccccc1NCCN1CCC(c2ccccc2)CC1. The fraction of sp³-hybridized carbons (Fsp3) is 0.350. The molecule has 1 aliphatic rings. The van der Waals surface area contributed by atoms with Crippen LogP contribution >= 0.6 is 0 Å². The van der Waals surface area contributed by atoms with Crippen molar-refractivity contribution in [1.29, 1.82) is 0 Å². The lowest BCUT2D eigenvalue weighted by Gasteiger charge is -2.32. The first kappa shape index (κ1) is 16.5. The largest absolute Gasteiger partial charge is 0.383 e. The molecule has 0 saturated carbocycles. The highest BCUT2D eigenvalue weighted by Crippen LogP contribution is 2.27. The minimum absolute atomic E-state index is 0.387. The Hall–Kier alpha value is -2.33. The molecule has 126 valence electrons. The molecule has 0 bridgehead atoms. The van der Waals surface area contributed by atoms with Crippen molar-refractivity contribution in [2.75, 3.05) is 31.5 Å². The van der Waals surface area contributed by atoms with Gasteiger partial charge in [-0.1, -0.05) is 42.5 Å². The Bertz CT molecular complexity index is 664. The number of rotatable bonds is 6. The number of nitrogens with one attached hydrogen (secondary N) is 1. The van der Waals surface area contributed by atoms with Gasteiger partial charge in [-0.25, -0.2) is 0 Å². The van der Waals surface area contributed by atoms with E-state index in [0.29, 0.717) is 11.5 Å². The number of anilines is 1. The van der Waals surface area contributed by atoms with Crippen molar-refractivity contribution >= 4 is 11.6 Å². The second-order valence-electron chi connectivity index (χ2n) is 6.36. The third-order valence-corrected chi connectivity index (χ3v) is 4.79. The summed E-state index contributed by atoms with van der Waals surface area (Å²) in [6.07, 6.45) is 2.42. The molecule has 0 aliphatic carbocycles. The van der Waals surface area contributed by atoms with Gasteiger partial charge in [0.05, 0.1) is 5.56 Å². The van der Waals surface area contributed by atoms with E-state index in [1.807, 2.05) is 18.2 Å². The molecule has 1 heterocycles. The number of primary amides is 1. The van der Waals surface area contributed by atoms with Crippen LogP contribution in [0.5, 0.6) is 0 Å². The van der Waals surface area contributed by atoms with Gasteiger partial charge in [-0.2, -0.15) is 0 Å². The zero-order valence-corrected chi connectivity index (χ0v) is 13.9. The highest BCUT2D eigenvalue weighted by Gasteiger charge is 2.20. The Kier molecular flexibility index (Phi) is 5.49. The first-order chi connectivity index (χ1) is 11.7. The number of piperidine rings is 1. The third kappa shape index (κ3) is 4.15. The smallest absolute Gasteiger partial charge is 0.250 e. The zero-order valence-electron chi connectivity index (χ0n) is 13.9. The van der Waals surface area contributed by atoms with Crippen LogP contribution in [0.15, 0.2) is 54.6 Å². The predicted molar refractivity (Wildman–Crippen MR) is 98.3 cm³/mol. The van der Waals surface area contributed by atoms with Crippen LogP contribution in [0.2, 0.25) is 0 Å². The topological polar surface area (TPSA) is 58.4 Å². The number of hydrogen-bond acceptors (Lipinski definition) is 3. The lowest BCUT2D eigenvalue weighted by Crippen LogP contribution is -2.36. The van der Waals surface area contributed by atoms with Crippen LogP contribution in [0, 0.1) is 0 Å². The minimum atomic E-state index is -0.387. The molecule has 1 fully saturated rings. The van der Waals surface area contributed by atoms with Gasteiger partial charge in [0.2, 0.25) is 0 Å². The van der Waals surface area contributed by atoms with E-state index in [1.165, 1.54) is 18.4 Å². The molecule has 0 atom stereocenters. The van der Waals surface area contributed by atoms with Crippen LogP contribution in [0.1, 0.15) is 34.7 Å². The van der Waals surface area contributed by atoms with Crippen LogP contribution in [0.25, 0.3) is 0 Å². The van der Waals surface area contributed by atoms with Crippen molar-refractivity contribution in [3.05, 3.63) is 65.7 Å². The quantitative estimate of drug-likeness (QED) is 0.859. The molecule has 0 radical (unpaired) electrons. The monoisotopic (exact) mass is 323 g/mol. The fourth-order valence-electron chi connectivity index (χ4n) is 3.42. The Morgan fingerprint density at radius 3 is 2.42 bits per heavy atom. The predicted octanol–water partition coefficient (Wildman–Crippen LogP) is 3.08. The van der Waals surface area contributed by atoms with E-state index < -0.39 is 0 Å². The summed E-state index contributed by atoms with van der Waals surface area (Å²) in [5.41, 5.74) is 8.25. The normalized spacial score (nSPS) is 16.0. The van der Waals surface area contributed by atoms with Gasteiger partial charge in [-0.05, 0) is 49.5 Å². The average Bonchev–Trinajstić information content (AvgIpc) is 2.63. The van der Waals surface area contributed by atoms with E-state index in [2.05, 4.69) is 40.5 Å². The lowest BCUT2D eigenvalue weighted by molar-refractivity contribution is 0.100. The maximum absolute atomic E-state index is 11.4. The molecule has 4 nitrogen and oxygen atoms in total. The van der Waals surface area contributed by atoms with E-state index >= 15 is 0 Å². The van der Waals surface area contributed by atoms with E-state index in [-0.39, 0.29) is 5.91 Å². The lowest BCUT2D eigenvalue weighted by atomic mass is 9.89. The summed E-state index contributed by atoms with van der Waals surface area (Å²) in [4.78, 5) is 13.9. The maximum atomic E-state index is 11.4. The summed E-state index contributed by atoms with van der Waals surface area (Å²) in [5.74, 6) is 0.299. The van der Waals surface area contributed by atoms with Crippen LogP contribution in [0.3, 0.4) is 0 Å². The van der Waals surface area contributed by atoms with Crippen LogP contribution < -0.4 is 11.1 Å². The number of carbonyl (C=O) groups is 1. The van der Waals surface area contributed by atoms with Crippen LogP contribution in [-0.4, -0.2) is 37.0 Å². The van der Waals surface area contributed by atoms with Crippen LogP contribution in [0.4, 0.5) is 5.69 Å². The number of carbonyl (C=O) groups excluding carboxylic acids is 1. The van der Waals surface area contributed by atoms with Crippen molar-refractivity contribution < 1.29 is 4.79 Å². The minimum Gasteiger partial charge on any atom is -0.383 e. The average molecular weight is 323 g/mol. The number of hydrogen-bond donors (Lipinski definition) is 2. The van der Waals surface area contributed by atoms with Gasteiger partial charge < -0.3 is 16.0 Å². The van der Waals surface area contributed by atoms with Gasteiger partial charge in [0.1, 0.15) is 0 Å². The van der Waals surface area contributed by atoms with Crippen molar-refractivity contribution in [3.63, 3.8) is 0 Å². The zero-order chi connectivity index (χ0) is 16.8. The van der Waals surface area contributed by atoms with Crippen molar-refractivity contribution in [1.82, 2.24) is 4.90 Å². The summed E-state index contributed by atoms with van der Waals surface area (Å²) < 4.78 is 0. The Morgan fingerprint density at radius 2 is 1.71 bits per heavy atom. The molecule has 2 aromatic carbocycles. The second kappa shape index (κ2) is 7.97. The molecule has 2 aromatic rings. The molecule has 4 heteroatoms. The molecule has 1 aliphatic heterocycles. The standard InChI is InChI=1S/C20H25N3O/c21-20(24)18-8-4-5-9-19(18)22-12-15-23-13-10-17(11-14-23)16-6-2-1-3-7-16/h1-9,17,22H,10-15H2,(H2,21,24). The van der Waals surface area contributed by atoms with Gasteiger partial charge in [-0.3, -0.25) is 4.79 Å². The highest BCUT2D eigenvalue weighted by atomic mass is 16.1. The van der Waals surface area contributed by atoms with Gasteiger partial charge >= 0.3 is 0 Å². The number of nitrogens with two attached hydrogens (primary N) is 1. The van der Waals surface area contributed by atoms with E-state index in [0.717, 1.165) is 31.9 Å². The van der Waals surface area contributed by atoms with Crippen molar-refractivity contribution in [2.24, 2.45) is 5.73 Å². The molecular weight excluding hydrogens is 298 g/mol. The molecular formula is C20H25N3O. The Morgan fingerprint density at radius 1 is 1.04 bits per heavy atom. The maximum Gasteiger partial charge on any atom is 0.250 e. The molecule has 1 saturated heterocycles. The summed E-state index contributed by atoms with van der Waals surface area (Å²) in [5, 5.41) is 3.34. The Balaban J connectivity index is 1.45. The number of benzene rings is 2. The summed E-state index contributed by atoms with van der Waals surface area (Å²) in [7, 11) is 0. The first-order valence-electron chi connectivity index (χ1n) is 8.64. The number of nitrogens with zero attached hydrogens (tertiary/aromatic N) is 1. The molecule has 0 spiro atoms.